The minimum absolute atomic E-state index is 0.0485. The summed E-state index contributed by atoms with van der Waals surface area (Å²) in [6.45, 7) is 2.50. The van der Waals surface area contributed by atoms with E-state index in [2.05, 4.69) is 23.1 Å². The normalized spacial score (nSPS) is 15.1. The van der Waals surface area contributed by atoms with Crippen LogP contribution in [0.5, 0.6) is 0 Å². The third kappa shape index (κ3) is 4.06. The molecule has 134 valence electrons. The highest BCUT2D eigenvalue weighted by Crippen LogP contribution is 2.43. The van der Waals surface area contributed by atoms with Crippen molar-refractivity contribution in [1.82, 2.24) is 4.98 Å². The molecule has 1 aliphatic carbocycles. The summed E-state index contributed by atoms with van der Waals surface area (Å²) in [6.07, 6.45) is 8.25. The smallest absolute Gasteiger partial charge is 0.123 e. The first-order valence-electron chi connectivity index (χ1n) is 8.57. The van der Waals surface area contributed by atoms with E-state index in [0.29, 0.717) is 19.4 Å². The van der Waals surface area contributed by atoms with E-state index in [1.54, 1.807) is 18.5 Å². The zero-order chi connectivity index (χ0) is 18.4. The molecule has 2 aromatic rings. The Bertz CT molecular complexity index is 858. The molecule has 26 heavy (non-hydrogen) atoms. The molecule has 5 heteroatoms. The van der Waals surface area contributed by atoms with E-state index in [0.717, 1.165) is 33.4 Å². The molecule has 0 amide bonds. The maximum atomic E-state index is 13.8. The molecular weight excluding hydrogens is 331 g/mol. The van der Waals surface area contributed by atoms with Gasteiger partial charge in [-0.15, -0.1) is 0 Å². The minimum atomic E-state index is -0.249. The Balaban J connectivity index is 1.87. The third-order valence-corrected chi connectivity index (χ3v) is 4.32. The number of aliphatic hydroxyl groups excluding tert-OH is 1. The van der Waals surface area contributed by atoms with Gasteiger partial charge in [-0.25, -0.2) is 4.39 Å². The van der Waals surface area contributed by atoms with Crippen molar-refractivity contribution in [3.63, 3.8) is 0 Å². The number of allylic oxidation sites excluding steroid dienone is 2. The van der Waals surface area contributed by atoms with E-state index >= 15 is 0 Å². The van der Waals surface area contributed by atoms with Crippen LogP contribution < -0.4 is 0 Å². The number of benzene rings is 1. The minimum Gasteiger partial charge on any atom is -0.396 e. The Kier molecular flexibility index (Phi) is 5.92. The number of hydrogen-bond donors (Lipinski definition) is 1. The van der Waals surface area contributed by atoms with Crippen molar-refractivity contribution in [3.8, 4) is 0 Å². The molecule has 4 nitrogen and oxygen atoms in total. The highest BCUT2D eigenvalue weighted by molar-refractivity contribution is 6.05. The second kappa shape index (κ2) is 8.54. The van der Waals surface area contributed by atoms with E-state index in [-0.39, 0.29) is 12.4 Å². The summed E-state index contributed by atoms with van der Waals surface area (Å²) in [6, 6.07) is 8.79. The van der Waals surface area contributed by atoms with Crippen LogP contribution in [0.15, 0.2) is 53.5 Å². The number of oxime groups is 1. The maximum Gasteiger partial charge on any atom is 0.123 e. The lowest BCUT2D eigenvalue weighted by molar-refractivity contribution is 0.151. The van der Waals surface area contributed by atoms with E-state index in [1.807, 2.05) is 18.2 Å². The van der Waals surface area contributed by atoms with Crippen LogP contribution in [0.4, 0.5) is 4.39 Å². The van der Waals surface area contributed by atoms with Crippen LogP contribution in [-0.4, -0.2) is 29.5 Å². The zero-order valence-electron chi connectivity index (χ0n) is 14.7. The van der Waals surface area contributed by atoms with Crippen LogP contribution in [0.25, 0.3) is 17.2 Å². The first kappa shape index (κ1) is 18.0. The Morgan fingerprint density at radius 3 is 2.77 bits per heavy atom. The zero-order valence-corrected chi connectivity index (χ0v) is 14.7. The molecule has 0 saturated carbocycles. The quantitative estimate of drug-likeness (QED) is 0.459. The predicted octanol–water partition coefficient (Wildman–Crippen LogP) is 4.32. The Hall–Kier alpha value is -2.79. The van der Waals surface area contributed by atoms with Crippen molar-refractivity contribution in [1.29, 1.82) is 0 Å². The molecule has 1 aliphatic rings. The van der Waals surface area contributed by atoms with Gasteiger partial charge in [-0.1, -0.05) is 11.2 Å². The van der Waals surface area contributed by atoms with E-state index in [9.17, 15) is 4.39 Å². The monoisotopic (exact) mass is 352 g/mol. The molecular formula is C21H21FN2O2. The van der Waals surface area contributed by atoms with Crippen LogP contribution in [0.3, 0.4) is 0 Å². The van der Waals surface area contributed by atoms with Crippen molar-refractivity contribution >= 4 is 23.4 Å². The fourth-order valence-electron chi connectivity index (χ4n) is 3.07. The molecule has 1 aromatic heterocycles. The molecule has 0 aliphatic heterocycles. The average Bonchev–Trinajstić information content (AvgIpc) is 2.90. The summed E-state index contributed by atoms with van der Waals surface area (Å²) in [7, 11) is 0. The molecule has 0 fully saturated rings. The second-order valence-corrected chi connectivity index (χ2v) is 6.02. The summed E-state index contributed by atoms with van der Waals surface area (Å²) < 4.78 is 13.8. The number of nitrogens with zero attached hydrogens (tertiary/aromatic N) is 2. The third-order valence-electron chi connectivity index (χ3n) is 4.32. The topological polar surface area (TPSA) is 54.7 Å². The molecule has 1 N–H and O–H groups in total. The SMILES string of the molecule is CC1=C(CCON=CCCO)c2cc(F)ccc2/C1=C\c1ccncc1. The number of aromatic nitrogens is 1. The average molecular weight is 352 g/mol. The predicted molar refractivity (Wildman–Crippen MR) is 102 cm³/mol. The highest BCUT2D eigenvalue weighted by atomic mass is 19.1. The van der Waals surface area contributed by atoms with Gasteiger partial charge in [0.05, 0.1) is 0 Å². The second-order valence-electron chi connectivity index (χ2n) is 6.02. The van der Waals surface area contributed by atoms with Gasteiger partial charge < -0.3 is 9.94 Å². The number of aliphatic hydroxyl groups is 1. The Morgan fingerprint density at radius 1 is 1.19 bits per heavy atom. The first-order chi connectivity index (χ1) is 12.7. The lowest BCUT2D eigenvalue weighted by Crippen LogP contribution is -1.93. The van der Waals surface area contributed by atoms with E-state index in [4.69, 9.17) is 9.94 Å². The van der Waals surface area contributed by atoms with Crippen LogP contribution >= 0.6 is 0 Å². The van der Waals surface area contributed by atoms with Gasteiger partial charge in [-0.05, 0) is 70.7 Å². The van der Waals surface area contributed by atoms with Gasteiger partial charge in [0.15, 0.2) is 0 Å². The van der Waals surface area contributed by atoms with E-state index < -0.39 is 0 Å². The summed E-state index contributed by atoms with van der Waals surface area (Å²) >= 11 is 0. The van der Waals surface area contributed by atoms with Crippen LogP contribution in [-0.2, 0) is 4.84 Å². The largest absolute Gasteiger partial charge is 0.396 e. The van der Waals surface area contributed by atoms with Gasteiger partial charge in [0.1, 0.15) is 12.4 Å². The lowest BCUT2D eigenvalue weighted by Gasteiger charge is -2.05. The van der Waals surface area contributed by atoms with Crippen molar-refractivity contribution < 1.29 is 14.3 Å². The number of hydrogen-bond acceptors (Lipinski definition) is 4. The van der Waals surface area contributed by atoms with Crippen molar-refractivity contribution in [3.05, 3.63) is 70.8 Å². The Morgan fingerprint density at radius 2 is 2.00 bits per heavy atom. The number of fused-ring (bicyclic) bond motifs is 1. The summed E-state index contributed by atoms with van der Waals surface area (Å²) in [5.41, 5.74) is 6.26. The first-order valence-corrected chi connectivity index (χ1v) is 8.57. The van der Waals surface area contributed by atoms with E-state index in [1.165, 1.54) is 12.3 Å². The highest BCUT2D eigenvalue weighted by Gasteiger charge is 2.24. The molecule has 0 spiro atoms. The van der Waals surface area contributed by atoms with Crippen LogP contribution in [0.1, 0.15) is 36.5 Å². The summed E-state index contributed by atoms with van der Waals surface area (Å²) in [5, 5.41) is 12.5. The molecule has 0 unspecified atom stereocenters. The maximum absolute atomic E-state index is 13.8. The number of halogens is 1. The molecule has 1 heterocycles. The van der Waals surface area contributed by atoms with Crippen molar-refractivity contribution in [2.24, 2.45) is 5.16 Å². The van der Waals surface area contributed by atoms with Gasteiger partial charge in [-0.3, -0.25) is 4.98 Å². The molecule has 1 aromatic carbocycles. The molecule has 0 radical (unpaired) electrons. The summed E-state index contributed by atoms with van der Waals surface area (Å²) in [5.74, 6) is -0.249. The van der Waals surface area contributed by atoms with Gasteiger partial charge in [0.2, 0.25) is 0 Å². The molecule has 3 rings (SSSR count). The van der Waals surface area contributed by atoms with Gasteiger partial charge in [0.25, 0.3) is 0 Å². The van der Waals surface area contributed by atoms with Crippen LogP contribution in [0, 0.1) is 5.82 Å². The van der Waals surface area contributed by atoms with Crippen molar-refractivity contribution in [2.75, 3.05) is 13.2 Å². The van der Waals surface area contributed by atoms with Gasteiger partial charge in [0, 0.05) is 38.1 Å². The lowest BCUT2D eigenvalue weighted by atomic mass is 10.0. The fraction of sp³-hybridized carbons (Fsp3) is 0.238. The van der Waals surface area contributed by atoms with Crippen molar-refractivity contribution in [2.45, 2.75) is 19.8 Å². The standard InChI is InChI=1S/C21H21FN2O2/c1-15-18(7-12-26-24-8-2-11-25)21-14-17(22)3-4-19(21)20(15)13-16-5-9-23-10-6-16/h3-6,8-10,13-14,25H,2,7,11-12H2,1H3/b20-13-,24-8?. The van der Waals surface area contributed by atoms with Gasteiger partial charge in [-0.2, -0.15) is 0 Å². The summed E-state index contributed by atoms with van der Waals surface area (Å²) in [4.78, 5) is 9.29. The molecule has 0 bridgehead atoms. The Labute approximate surface area is 152 Å². The van der Waals surface area contributed by atoms with Gasteiger partial charge >= 0.3 is 0 Å². The number of rotatable bonds is 7. The van der Waals surface area contributed by atoms with Crippen LogP contribution in [0.2, 0.25) is 0 Å². The number of pyridine rings is 1. The molecule has 0 atom stereocenters. The fourth-order valence-corrected chi connectivity index (χ4v) is 3.07. The molecule has 0 saturated heterocycles.